The van der Waals surface area contributed by atoms with E-state index >= 15 is 0 Å². The van der Waals surface area contributed by atoms with E-state index in [0.29, 0.717) is 22.2 Å². The first-order chi connectivity index (χ1) is 12.6. The molecule has 2 heterocycles. The summed E-state index contributed by atoms with van der Waals surface area (Å²) in [6.45, 7) is 2.03. The molecular weight excluding hydrogens is 366 g/mol. The van der Waals surface area contributed by atoms with Gasteiger partial charge in [0.2, 0.25) is 5.91 Å². The molecule has 3 rings (SSSR count). The van der Waals surface area contributed by atoms with Crippen molar-refractivity contribution >= 4 is 34.0 Å². The highest BCUT2D eigenvalue weighted by atomic mass is 32.2. The summed E-state index contributed by atoms with van der Waals surface area (Å²) >= 11 is 2.90. The van der Waals surface area contributed by atoms with E-state index < -0.39 is 0 Å². The summed E-state index contributed by atoms with van der Waals surface area (Å²) < 4.78 is 1.53. The van der Waals surface area contributed by atoms with Gasteiger partial charge in [0.15, 0.2) is 4.96 Å². The fourth-order valence-corrected chi connectivity index (χ4v) is 4.09. The maximum atomic E-state index is 12.1. The van der Waals surface area contributed by atoms with E-state index in [2.05, 4.69) is 22.4 Å². The van der Waals surface area contributed by atoms with Crippen molar-refractivity contribution in [3.05, 3.63) is 69.6 Å². The van der Waals surface area contributed by atoms with Crippen LogP contribution >= 0.6 is 23.1 Å². The predicted molar refractivity (Wildman–Crippen MR) is 108 cm³/mol. The Hall–Kier alpha value is -2.12. The highest BCUT2D eigenvalue weighted by Crippen LogP contribution is 2.12. The molecule has 7 heteroatoms. The Bertz CT molecular complexity index is 921. The Labute approximate surface area is 160 Å². The van der Waals surface area contributed by atoms with Gasteiger partial charge in [0.1, 0.15) is 0 Å². The van der Waals surface area contributed by atoms with Crippen molar-refractivity contribution in [2.24, 2.45) is 0 Å². The lowest BCUT2D eigenvalue weighted by Crippen LogP contribution is -2.34. The number of amides is 1. The number of fused-ring (bicyclic) bond motifs is 1. The van der Waals surface area contributed by atoms with E-state index in [1.807, 2.05) is 30.5 Å². The minimum absolute atomic E-state index is 0.0180. The third-order valence-electron chi connectivity index (χ3n) is 3.96. The van der Waals surface area contributed by atoms with Crippen LogP contribution in [0.2, 0.25) is 0 Å². The number of aryl methyl sites for hydroxylation is 1. The zero-order valence-electron chi connectivity index (χ0n) is 14.6. The Morgan fingerprint density at radius 2 is 2.15 bits per heavy atom. The number of hydrogen-bond donors (Lipinski definition) is 1. The molecule has 0 spiro atoms. The average Bonchev–Trinajstić information content (AvgIpc) is 3.10. The molecule has 1 atom stereocenters. The number of rotatable bonds is 8. The van der Waals surface area contributed by atoms with Gasteiger partial charge in [0, 0.05) is 29.4 Å². The Morgan fingerprint density at radius 1 is 1.35 bits per heavy atom. The summed E-state index contributed by atoms with van der Waals surface area (Å²) in [6.07, 6.45) is 3.58. The van der Waals surface area contributed by atoms with E-state index in [9.17, 15) is 9.59 Å². The molecule has 26 heavy (non-hydrogen) atoms. The van der Waals surface area contributed by atoms with Crippen LogP contribution < -0.4 is 10.9 Å². The molecule has 1 aromatic carbocycles. The first-order valence-electron chi connectivity index (χ1n) is 8.48. The number of benzene rings is 1. The van der Waals surface area contributed by atoms with Crippen molar-refractivity contribution < 1.29 is 4.79 Å². The van der Waals surface area contributed by atoms with Crippen LogP contribution in [-0.4, -0.2) is 27.1 Å². The molecule has 0 radical (unpaired) electrons. The average molecular weight is 388 g/mol. The highest BCUT2D eigenvalue weighted by Gasteiger charge is 2.09. The van der Waals surface area contributed by atoms with Crippen molar-refractivity contribution in [3.8, 4) is 0 Å². The van der Waals surface area contributed by atoms with Crippen LogP contribution in [0.4, 0.5) is 0 Å². The quantitative estimate of drug-likeness (QED) is 0.645. The lowest BCUT2D eigenvalue weighted by atomic mass is 10.1. The van der Waals surface area contributed by atoms with Crippen LogP contribution in [0.3, 0.4) is 0 Å². The number of thioether (sulfide) groups is 1. The minimum atomic E-state index is -0.0779. The molecule has 0 bridgehead atoms. The van der Waals surface area contributed by atoms with E-state index in [0.717, 1.165) is 12.8 Å². The van der Waals surface area contributed by atoms with E-state index in [-0.39, 0.29) is 17.5 Å². The lowest BCUT2D eigenvalue weighted by Gasteiger charge is -2.13. The topological polar surface area (TPSA) is 63.5 Å². The van der Waals surface area contributed by atoms with Crippen molar-refractivity contribution in [2.45, 2.75) is 31.6 Å². The normalized spacial score (nSPS) is 12.2. The second-order valence-corrected chi connectivity index (χ2v) is 7.99. The summed E-state index contributed by atoms with van der Waals surface area (Å²) in [4.78, 5) is 29.1. The van der Waals surface area contributed by atoms with Gasteiger partial charge in [-0.05, 0) is 25.3 Å². The Morgan fingerprint density at radius 3 is 2.96 bits per heavy atom. The molecule has 1 amide bonds. The number of nitrogens with zero attached hydrogens (tertiary/aromatic N) is 2. The van der Waals surface area contributed by atoms with Gasteiger partial charge in [-0.15, -0.1) is 23.1 Å². The van der Waals surface area contributed by atoms with Gasteiger partial charge in [-0.25, -0.2) is 4.98 Å². The minimum Gasteiger partial charge on any atom is -0.353 e. The number of thiazole rings is 1. The number of nitrogens with one attached hydrogen (secondary N) is 1. The molecule has 136 valence electrons. The van der Waals surface area contributed by atoms with Gasteiger partial charge in [0.05, 0.1) is 11.4 Å². The SMILES string of the molecule is CC(CCc1ccccc1)NC(=O)CSCc1cc(=O)n2ccsc2n1. The first kappa shape index (κ1) is 18.7. The van der Waals surface area contributed by atoms with E-state index in [1.165, 1.54) is 39.1 Å². The zero-order valence-corrected chi connectivity index (χ0v) is 16.2. The maximum absolute atomic E-state index is 12.1. The Kier molecular flexibility index (Phi) is 6.46. The first-order valence-corrected chi connectivity index (χ1v) is 10.5. The van der Waals surface area contributed by atoms with E-state index in [4.69, 9.17) is 0 Å². The molecule has 1 N–H and O–H groups in total. The zero-order chi connectivity index (χ0) is 18.4. The van der Waals surface area contributed by atoms with Crippen LogP contribution in [0.5, 0.6) is 0 Å². The smallest absolute Gasteiger partial charge is 0.258 e. The summed E-state index contributed by atoms with van der Waals surface area (Å²) in [5, 5.41) is 4.87. The highest BCUT2D eigenvalue weighted by molar-refractivity contribution is 7.99. The fourth-order valence-electron chi connectivity index (χ4n) is 2.63. The number of carbonyl (C=O) groups is 1. The summed E-state index contributed by atoms with van der Waals surface area (Å²) in [7, 11) is 0. The molecule has 0 saturated heterocycles. The van der Waals surface area contributed by atoms with Crippen molar-refractivity contribution in [1.29, 1.82) is 0 Å². The van der Waals surface area contributed by atoms with Crippen LogP contribution in [0.1, 0.15) is 24.6 Å². The van der Waals surface area contributed by atoms with Gasteiger partial charge in [-0.3, -0.25) is 14.0 Å². The molecule has 5 nitrogen and oxygen atoms in total. The molecule has 0 aliphatic carbocycles. The molecule has 0 aliphatic heterocycles. The van der Waals surface area contributed by atoms with Crippen molar-refractivity contribution in [2.75, 3.05) is 5.75 Å². The van der Waals surface area contributed by atoms with Crippen LogP contribution in [0.25, 0.3) is 4.96 Å². The predicted octanol–water partition coefficient (Wildman–Crippen LogP) is 3.13. The summed E-state index contributed by atoms with van der Waals surface area (Å²) in [6, 6.07) is 11.9. The molecule has 0 aliphatic rings. The molecule has 0 saturated carbocycles. The second kappa shape index (κ2) is 9.00. The summed E-state index contributed by atoms with van der Waals surface area (Å²) in [5.74, 6) is 0.931. The monoisotopic (exact) mass is 387 g/mol. The second-order valence-electron chi connectivity index (χ2n) is 6.13. The van der Waals surface area contributed by atoms with Gasteiger partial charge in [-0.1, -0.05) is 30.3 Å². The van der Waals surface area contributed by atoms with Gasteiger partial charge < -0.3 is 5.32 Å². The van der Waals surface area contributed by atoms with E-state index in [1.54, 1.807) is 6.20 Å². The lowest BCUT2D eigenvalue weighted by molar-refractivity contribution is -0.119. The standard InChI is InChI=1S/C19H21N3O2S2/c1-14(7-8-15-5-3-2-4-6-15)20-17(23)13-25-12-16-11-18(24)22-9-10-26-19(22)21-16/h2-6,9-11,14H,7-8,12-13H2,1H3,(H,20,23). The van der Waals surface area contributed by atoms with Gasteiger partial charge >= 0.3 is 0 Å². The van der Waals surface area contributed by atoms with Crippen LogP contribution in [0.15, 0.2) is 52.8 Å². The molecule has 3 aromatic rings. The number of aromatic nitrogens is 2. The van der Waals surface area contributed by atoms with Crippen LogP contribution in [0, 0.1) is 0 Å². The maximum Gasteiger partial charge on any atom is 0.258 e. The third-order valence-corrected chi connectivity index (χ3v) is 5.68. The largest absolute Gasteiger partial charge is 0.353 e. The summed E-state index contributed by atoms with van der Waals surface area (Å²) in [5.41, 5.74) is 1.92. The molecule has 1 unspecified atom stereocenters. The molecule has 2 aromatic heterocycles. The third kappa shape index (κ3) is 5.19. The Balaban J connectivity index is 1.41. The van der Waals surface area contributed by atoms with Crippen molar-refractivity contribution in [3.63, 3.8) is 0 Å². The number of hydrogen-bond acceptors (Lipinski definition) is 5. The van der Waals surface area contributed by atoms with Gasteiger partial charge in [0.25, 0.3) is 5.56 Å². The number of carbonyl (C=O) groups excluding carboxylic acids is 1. The van der Waals surface area contributed by atoms with Gasteiger partial charge in [-0.2, -0.15) is 0 Å². The fraction of sp³-hybridized carbons (Fsp3) is 0.316. The molecule has 0 fully saturated rings. The van der Waals surface area contributed by atoms with Crippen LogP contribution in [-0.2, 0) is 17.0 Å². The van der Waals surface area contributed by atoms with Crippen molar-refractivity contribution in [1.82, 2.24) is 14.7 Å². The molecular formula is C19H21N3O2S2.